The number of nitrogens with zero attached hydrogens (tertiary/aromatic N) is 1. The summed E-state index contributed by atoms with van der Waals surface area (Å²) in [5.41, 5.74) is 1.29. The van der Waals surface area contributed by atoms with Gasteiger partial charge in [0.25, 0.3) is 0 Å². The number of pyridine rings is 1. The van der Waals surface area contributed by atoms with Crippen LogP contribution in [-0.2, 0) is 16.6 Å². The highest BCUT2D eigenvalue weighted by molar-refractivity contribution is 7.89. The Morgan fingerprint density at radius 2 is 1.96 bits per heavy atom. The molecule has 0 aliphatic rings. The van der Waals surface area contributed by atoms with Crippen LogP contribution >= 0.6 is 11.6 Å². The molecule has 0 unspecified atom stereocenters. The van der Waals surface area contributed by atoms with E-state index in [0.717, 1.165) is 5.56 Å². The first-order valence-corrected chi connectivity index (χ1v) is 9.84. The molecule has 8 heteroatoms. The van der Waals surface area contributed by atoms with Crippen molar-refractivity contribution in [1.29, 1.82) is 0 Å². The lowest BCUT2D eigenvalue weighted by Crippen LogP contribution is -2.23. The Kier molecular flexibility index (Phi) is 5.74. The Labute approximate surface area is 161 Å². The second kappa shape index (κ2) is 8.04. The van der Waals surface area contributed by atoms with E-state index >= 15 is 0 Å². The maximum atomic E-state index is 13.3. The van der Waals surface area contributed by atoms with Gasteiger partial charge in [0, 0.05) is 29.4 Å². The molecular formula is C19H16ClFN2O3S. The third kappa shape index (κ3) is 4.82. The van der Waals surface area contributed by atoms with Gasteiger partial charge in [-0.15, -0.1) is 0 Å². The average Bonchev–Trinajstić information content (AvgIpc) is 2.63. The lowest BCUT2D eigenvalue weighted by molar-refractivity contribution is 0.451. The minimum Gasteiger partial charge on any atom is -0.439 e. The molecule has 1 heterocycles. The van der Waals surface area contributed by atoms with Crippen LogP contribution in [0.1, 0.15) is 11.1 Å². The van der Waals surface area contributed by atoms with Gasteiger partial charge >= 0.3 is 0 Å². The van der Waals surface area contributed by atoms with Gasteiger partial charge in [-0.3, -0.25) is 0 Å². The summed E-state index contributed by atoms with van der Waals surface area (Å²) in [4.78, 5) is 4.17. The van der Waals surface area contributed by atoms with Crippen molar-refractivity contribution in [3.63, 3.8) is 0 Å². The fourth-order valence-corrected chi connectivity index (χ4v) is 3.57. The predicted octanol–water partition coefficient (Wildman–Crippen LogP) is 4.45. The second-order valence-electron chi connectivity index (χ2n) is 5.76. The zero-order valence-electron chi connectivity index (χ0n) is 14.3. The van der Waals surface area contributed by atoms with Crippen LogP contribution in [0.4, 0.5) is 4.39 Å². The van der Waals surface area contributed by atoms with Crippen molar-refractivity contribution in [3.05, 3.63) is 82.8 Å². The summed E-state index contributed by atoms with van der Waals surface area (Å²) in [5.74, 6) is 0.0118. The van der Waals surface area contributed by atoms with E-state index in [9.17, 15) is 12.8 Å². The lowest BCUT2D eigenvalue weighted by Gasteiger charge is -2.12. The van der Waals surface area contributed by atoms with Gasteiger partial charge in [0.05, 0.1) is 4.90 Å². The molecule has 140 valence electrons. The smallest absolute Gasteiger partial charge is 0.240 e. The Hall–Kier alpha value is -2.48. The van der Waals surface area contributed by atoms with Crippen molar-refractivity contribution >= 4 is 21.6 Å². The Morgan fingerprint density at radius 3 is 2.70 bits per heavy atom. The van der Waals surface area contributed by atoms with Crippen LogP contribution in [0.2, 0.25) is 5.02 Å². The number of sulfonamides is 1. The van der Waals surface area contributed by atoms with Crippen molar-refractivity contribution in [2.75, 3.05) is 0 Å². The largest absolute Gasteiger partial charge is 0.439 e. The van der Waals surface area contributed by atoms with Crippen LogP contribution in [0.5, 0.6) is 11.6 Å². The molecule has 0 fully saturated rings. The van der Waals surface area contributed by atoms with Crippen molar-refractivity contribution in [2.45, 2.75) is 18.4 Å². The average molecular weight is 407 g/mol. The van der Waals surface area contributed by atoms with E-state index in [1.807, 2.05) is 0 Å². The standard InChI is InChI=1S/C19H16ClFN2O3S/c1-13-7-8-17(11-18(13)20)27(24,25)23-12-14-4-3-9-22-19(14)26-16-6-2-5-15(21)10-16/h2-11,23H,12H2,1H3. The number of halogens is 2. The minimum atomic E-state index is -3.77. The fraction of sp³-hybridized carbons (Fsp3) is 0.105. The van der Waals surface area contributed by atoms with Crippen LogP contribution in [0.3, 0.4) is 0 Å². The number of aromatic nitrogens is 1. The first kappa shape index (κ1) is 19.3. The Bertz CT molecular complexity index is 1070. The molecule has 0 amide bonds. The highest BCUT2D eigenvalue weighted by atomic mass is 35.5. The Balaban J connectivity index is 1.79. The minimum absolute atomic E-state index is 0.0493. The van der Waals surface area contributed by atoms with Gasteiger partial charge in [-0.2, -0.15) is 0 Å². The third-order valence-electron chi connectivity index (χ3n) is 3.77. The molecule has 0 saturated heterocycles. The molecule has 0 aliphatic carbocycles. The highest BCUT2D eigenvalue weighted by Crippen LogP contribution is 2.24. The van der Waals surface area contributed by atoms with Crippen LogP contribution in [-0.4, -0.2) is 13.4 Å². The number of hydrogen-bond donors (Lipinski definition) is 1. The van der Waals surface area contributed by atoms with Gasteiger partial charge < -0.3 is 4.74 Å². The number of aryl methyl sites for hydroxylation is 1. The van der Waals surface area contributed by atoms with Crippen molar-refractivity contribution < 1.29 is 17.5 Å². The SMILES string of the molecule is Cc1ccc(S(=O)(=O)NCc2cccnc2Oc2cccc(F)c2)cc1Cl. The van der Waals surface area contributed by atoms with Crippen molar-refractivity contribution in [3.8, 4) is 11.6 Å². The van der Waals surface area contributed by atoms with Gasteiger partial charge in [0.2, 0.25) is 15.9 Å². The first-order valence-electron chi connectivity index (χ1n) is 7.98. The van der Waals surface area contributed by atoms with Crippen molar-refractivity contribution in [2.24, 2.45) is 0 Å². The van der Waals surface area contributed by atoms with Gasteiger partial charge in [0.1, 0.15) is 11.6 Å². The van der Waals surface area contributed by atoms with Crippen LogP contribution in [0, 0.1) is 12.7 Å². The molecule has 0 atom stereocenters. The molecule has 1 N–H and O–H groups in total. The fourth-order valence-electron chi connectivity index (χ4n) is 2.29. The highest BCUT2D eigenvalue weighted by Gasteiger charge is 2.16. The monoisotopic (exact) mass is 406 g/mol. The van der Waals surface area contributed by atoms with E-state index in [1.54, 1.807) is 31.2 Å². The molecule has 5 nitrogen and oxygen atoms in total. The summed E-state index contributed by atoms with van der Waals surface area (Å²) in [7, 11) is -3.77. The van der Waals surface area contributed by atoms with E-state index in [2.05, 4.69) is 9.71 Å². The van der Waals surface area contributed by atoms with Gasteiger partial charge in [-0.25, -0.2) is 22.5 Å². The van der Waals surface area contributed by atoms with Crippen molar-refractivity contribution in [1.82, 2.24) is 9.71 Å². The quantitative estimate of drug-likeness (QED) is 0.656. The molecular weight excluding hydrogens is 391 g/mol. The van der Waals surface area contributed by atoms with E-state index in [4.69, 9.17) is 16.3 Å². The number of benzene rings is 2. The van der Waals surface area contributed by atoms with Crippen LogP contribution < -0.4 is 9.46 Å². The molecule has 0 radical (unpaired) electrons. The van der Waals surface area contributed by atoms with Gasteiger partial charge in [-0.05, 0) is 42.8 Å². The summed E-state index contributed by atoms with van der Waals surface area (Å²) in [5, 5.41) is 0.370. The van der Waals surface area contributed by atoms with E-state index < -0.39 is 15.8 Å². The molecule has 0 bridgehead atoms. The molecule has 0 spiro atoms. The summed E-state index contributed by atoms with van der Waals surface area (Å²) >= 11 is 6.01. The summed E-state index contributed by atoms with van der Waals surface area (Å²) < 4.78 is 46.4. The number of nitrogens with one attached hydrogen (secondary N) is 1. The van der Waals surface area contributed by atoms with Gasteiger partial charge in [0.15, 0.2) is 0 Å². The first-order chi connectivity index (χ1) is 12.8. The summed E-state index contributed by atoms with van der Waals surface area (Å²) in [6.45, 7) is 1.74. The van der Waals surface area contributed by atoms with Crippen LogP contribution in [0.15, 0.2) is 65.7 Å². The van der Waals surface area contributed by atoms with Gasteiger partial charge in [-0.1, -0.05) is 29.8 Å². The molecule has 0 saturated carbocycles. The number of ether oxygens (including phenoxy) is 1. The maximum Gasteiger partial charge on any atom is 0.240 e. The topological polar surface area (TPSA) is 68.3 Å². The predicted molar refractivity (Wildman–Crippen MR) is 101 cm³/mol. The number of hydrogen-bond acceptors (Lipinski definition) is 4. The normalized spacial score (nSPS) is 11.4. The molecule has 3 aromatic rings. The third-order valence-corrected chi connectivity index (χ3v) is 5.57. The zero-order chi connectivity index (χ0) is 19.4. The summed E-state index contributed by atoms with van der Waals surface area (Å²) in [6.07, 6.45) is 1.51. The van der Waals surface area contributed by atoms with Crippen LogP contribution in [0.25, 0.3) is 0 Å². The molecule has 3 rings (SSSR count). The maximum absolute atomic E-state index is 13.3. The zero-order valence-corrected chi connectivity index (χ0v) is 15.9. The van der Waals surface area contributed by atoms with E-state index in [1.165, 1.54) is 36.5 Å². The number of rotatable bonds is 6. The second-order valence-corrected chi connectivity index (χ2v) is 7.94. The summed E-state index contributed by atoms with van der Waals surface area (Å²) in [6, 6.07) is 13.5. The van der Waals surface area contributed by atoms with E-state index in [-0.39, 0.29) is 23.1 Å². The lowest BCUT2D eigenvalue weighted by atomic mass is 10.2. The Morgan fingerprint density at radius 1 is 1.15 bits per heavy atom. The van der Waals surface area contributed by atoms with E-state index in [0.29, 0.717) is 10.6 Å². The molecule has 1 aromatic heterocycles. The molecule has 0 aliphatic heterocycles. The molecule has 2 aromatic carbocycles. The molecule has 27 heavy (non-hydrogen) atoms.